The van der Waals surface area contributed by atoms with Crippen LogP contribution in [-0.4, -0.2) is 17.8 Å². The molecule has 2 aromatic carbocycles. The van der Waals surface area contributed by atoms with Crippen LogP contribution in [0.2, 0.25) is 5.02 Å². The Labute approximate surface area is 168 Å². The summed E-state index contributed by atoms with van der Waals surface area (Å²) in [5, 5.41) is 0.602. The second kappa shape index (κ2) is 7.76. The Hall–Kier alpha value is -2.66. The molecule has 6 heteroatoms. The minimum absolute atomic E-state index is 0.104. The number of hydrogen-bond acceptors (Lipinski definition) is 4. The van der Waals surface area contributed by atoms with Crippen LogP contribution >= 0.6 is 11.6 Å². The highest BCUT2D eigenvalue weighted by Gasteiger charge is 2.48. The van der Waals surface area contributed by atoms with Gasteiger partial charge in [0.2, 0.25) is 11.8 Å². The van der Waals surface area contributed by atoms with Crippen molar-refractivity contribution in [1.82, 2.24) is 0 Å². The lowest BCUT2D eigenvalue weighted by molar-refractivity contribution is -0.133. The molecule has 1 aliphatic carbocycles. The summed E-state index contributed by atoms with van der Waals surface area (Å²) in [6.45, 7) is 0. The largest absolute Gasteiger partial charge is 0.426 e. The first kappa shape index (κ1) is 18.7. The molecule has 0 spiro atoms. The first-order valence-electron chi connectivity index (χ1n) is 9.46. The van der Waals surface area contributed by atoms with Crippen molar-refractivity contribution in [3.05, 3.63) is 59.1 Å². The van der Waals surface area contributed by atoms with Crippen molar-refractivity contribution < 1.29 is 19.1 Å². The quantitative estimate of drug-likeness (QED) is 0.441. The Morgan fingerprint density at radius 1 is 1.00 bits per heavy atom. The number of nitrogens with zero attached hydrogens (tertiary/aromatic N) is 1. The van der Waals surface area contributed by atoms with Crippen molar-refractivity contribution in [2.75, 3.05) is 4.90 Å². The number of amides is 2. The van der Waals surface area contributed by atoms with E-state index in [1.165, 1.54) is 4.90 Å². The van der Waals surface area contributed by atoms with Crippen molar-refractivity contribution in [2.45, 2.75) is 32.1 Å². The Kier molecular flexibility index (Phi) is 5.18. The topological polar surface area (TPSA) is 63.7 Å². The van der Waals surface area contributed by atoms with Crippen molar-refractivity contribution in [3.63, 3.8) is 0 Å². The van der Waals surface area contributed by atoms with Crippen LogP contribution in [0.25, 0.3) is 0 Å². The number of esters is 1. The number of ether oxygens (including phenoxy) is 1. The third-order valence-electron chi connectivity index (χ3n) is 5.41. The highest BCUT2D eigenvalue weighted by Crippen LogP contribution is 2.40. The minimum Gasteiger partial charge on any atom is -0.426 e. The van der Waals surface area contributed by atoms with E-state index < -0.39 is 5.97 Å². The molecule has 0 bridgehead atoms. The highest BCUT2D eigenvalue weighted by molar-refractivity contribution is 6.30. The van der Waals surface area contributed by atoms with Crippen molar-refractivity contribution in [2.24, 2.45) is 11.8 Å². The lowest BCUT2D eigenvalue weighted by atomic mass is 9.81. The van der Waals surface area contributed by atoms with E-state index in [0.717, 1.165) is 31.2 Å². The highest BCUT2D eigenvalue weighted by atomic mass is 35.5. The lowest BCUT2D eigenvalue weighted by Gasteiger charge is -2.19. The fourth-order valence-corrected chi connectivity index (χ4v) is 4.17. The van der Waals surface area contributed by atoms with Gasteiger partial charge in [-0.15, -0.1) is 0 Å². The standard InChI is InChI=1S/C22H20ClNO4/c23-15-10-8-14(9-11-15)12-20(25)28-17-5-3-4-16(13-17)24-21(26)18-6-1-2-7-19(18)22(24)27/h3-5,8-11,13,18-19H,1-2,6-7,12H2. The average Bonchev–Trinajstić information content (AvgIpc) is 2.95. The van der Waals surface area contributed by atoms with Crippen LogP contribution in [0.3, 0.4) is 0 Å². The van der Waals surface area contributed by atoms with Gasteiger partial charge in [0.1, 0.15) is 5.75 Å². The Morgan fingerprint density at radius 2 is 1.64 bits per heavy atom. The summed E-state index contributed by atoms with van der Waals surface area (Å²) >= 11 is 5.85. The normalized spacial score (nSPS) is 21.5. The predicted molar refractivity (Wildman–Crippen MR) is 105 cm³/mol. The second-order valence-electron chi connectivity index (χ2n) is 7.28. The van der Waals surface area contributed by atoms with E-state index in [-0.39, 0.29) is 30.1 Å². The van der Waals surface area contributed by atoms with E-state index >= 15 is 0 Å². The fraction of sp³-hybridized carbons (Fsp3) is 0.318. The number of fused-ring (bicyclic) bond motifs is 1. The summed E-state index contributed by atoms with van der Waals surface area (Å²) < 4.78 is 5.42. The van der Waals surface area contributed by atoms with E-state index in [4.69, 9.17) is 16.3 Å². The molecule has 1 saturated carbocycles. The molecule has 28 heavy (non-hydrogen) atoms. The molecule has 5 nitrogen and oxygen atoms in total. The van der Waals surface area contributed by atoms with Crippen LogP contribution in [0.1, 0.15) is 31.2 Å². The number of halogens is 1. The van der Waals surface area contributed by atoms with Crippen molar-refractivity contribution in [1.29, 1.82) is 0 Å². The molecule has 2 aliphatic rings. The van der Waals surface area contributed by atoms with Gasteiger partial charge in [-0.1, -0.05) is 42.6 Å². The van der Waals surface area contributed by atoms with Crippen LogP contribution < -0.4 is 9.64 Å². The van der Waals surface area contributed by atoms with Gasteiger partial charge in [-0.05, 0) is 42.7 Å². The minimum atomic E-state index is -0.424. The van der Waals surface area contributed by atoms with E-state index in [2.05, 4.69) is 0 Å². The molecule has 2 unspecified atom stereocenters. The first-order chi connectivity index (χ1) is 13.5. The third-order valence-corrected chi connectivity index (χ3v) is 5.66. The summed E-state index contributed by atoms with van der Waals surface area (Å²) in [4.78, 5) is 39.0. The van der Waals surface area contributed by atoms with Gasteiger partial charge < -0.3 is 4.74 Å². The van der Waals surface area contributed by atoms with Gasteiger partial charge in [0.15, 0.2) is 0 Å². The molecule has 1 aliphatic heterocycles. The van der Waals surface area contributed by atoms with Crippen LogP contribution in [0.15, 0.2) is 48.5 Å². The van der Waals surface area contributed by atoms with Gasteiger partial charge in [-0.3, -0.25) is 14.4 Å². The predicted octanol–water partition coefficient (Wildman–Crippen LogP) is 4.17. The number of rotatable bonds is 4. The maximum Gasteiger partial charge on any atom is 0.315 e. The molecule has 4 rings (SSSR count). The van der Waals surface area contributed by atoms with Gasteiger partial charge in [-0.25, -0.2) is 4.90 Å². The van der Waals surface area contributed by atoms with E-state index in [9.17, 15) is 14.4 Å². The van der Waals surface area contributed by atoms with E-state index in [1.807, 2.05) is 0 Å². The summed E-state index contributed by atoms with van der Waals surface area (Å²) in [5.41, 5.74) is 1.25. The Morgan fingerprint density at radius 3 is 2.29 bits per heavy atom. The Balaban J connectivity index is 1.48. The molecule has 2 aromatic rings. The lowest BCUT2D eigenvalue weighted by Crippen LogP contribution is -2.30. The number of anilines is 1. The maximum atomic E-state index is 12.7. The van der Waals surface area contributed by atoms with Crippen LogP contribution in [0, 0.1) is 11.8 Å². The van der Waals surface area contributed by atoms with Crippen LogP contribution in [0.5, 0.6) is 5.75 Å². The Bertz CT molecular complexity index is 900. The van der Waals surface area contributed by atoms with Crippen LogP contribution in [0.4, 0.5) is 5.69 Å². The molecular weight excluding hydrogens is 378 g/mol. The molecule has 1 saturated heterocycles. The van der Waals surface area contributed by atoms with Gasteiger partial charge in [0, 0.05) is 11.1 Å². The molecule has 2 fully saturated rings. The number of carbonyl (C=O) groups excluding carboxylic acids is 3. The van der Waals surface area contributed by atoms with E-state index in [1.54, 1.807) is 48.5 Å². The number of benzene rings is 2. The monoisotopic (exact) mass is 397 g/mol. The number of hydrogen-bond donors (Lipinski definition) is 0. The molecule has 144 valence electrons. The van der Waals surface area contributed by atoms with Gasteiger partial charge in [0.25, 0.3) is 0 Å². The van der Waals surface area contributed by atoms with E-state index in [0.29, 0.717) is 16.5 Å². The SMILES string of the molecule is O=C(Cc1ccc(Cl)cc1)Oc1cccc(N2C(=O)C3CCCCC3C2=O)c1. The molecular formula is C22H20ClNO4. The first-order valence-corrected chi connectivity index (χ1v) is 9.84. The number of imide groups is 1. The average molecular weight is 398 g/mol. The van der Waals surface area contributed by atoms with Crippen LogP contribution in [-0.2, 0) is 20.8 Å². The zero-order chi connectivity index (χ0) is 19.7. The number of carbonyl (C=O) groups is 3. The summed E-state index contributed by atoms with van der Waals surface area (Å²) in [6, 6.07) is 13.6. The molecule has 2 atom stereocenters. The van der Waals surface area contributed by atoms with Crippen molar-refractivity contribution in [3.8, 4) is 5.75 Å². The molecule has 0 N–H and O–H groups in total. The second-order valence-corrected chi connectivity index (χ2v) is 7.72. The summed E-state index contributed by atoms with van der Waals surface area (Å²) in [5.74, 6) is -0.812. The molecule has 0 radical (unpaired) electrons. The molecule has 2 amide bonds. The smallest absolute Gasteiger partial charge is 0.315 e. The molecule has 0 aromatic heterocycles. The molecule has 1 heterocycles. The fourth-order valence-electron chi connectivity index (χ4n) is 4.04. The zero-order valence-electron chi connectivity index (χ0n) is 15.3. The maximum absolute atomic E-state index is 12.7. The summed E-state index contributed by atoms with van der Waals surface area (Å²) in [6.07, 6.45) is 3.60. The van der Waals surface area contributed by atoms with Gasteiger partial charge in [0.05, 0.1) is 23.9 Å². The summed E-state index contributed by atoms with van der Waals surface area (Å²) in [7, 11) is 0. The van der Waals surface area contributed by atoms with Crippen molar-refractivity contribution >= 4 is 35.1 Å². The van der Waals surface area contributed by atoms with Gasteiger partial charge >= 0.3 is 5.97 Å². The third kappa shape index (κ3) is 3.67. The van der Waals surface area contributed by atoms with Gasteiger partial charge in [-0.2, -0.15) is 0 Å². The zero-order valence-corrected chi connectivity index (χ0v) is 16.0.